The molecule has 33 heavy (non-hydrogen) atoms. The summed E-state index contributed by atoms with van der Waals surface area (Å²) >= 11 is 0. The van der Waals surface area contributed by atoms with Gasteiger partial charge in [0, 0.05) is 6.54 Å². The summed E-state index contributed by atoms with van der Waals surface area (Å²) in [6.07, 6.45) is 1.35. The van der Waals surface area contributed by atoms with Crippen LogP contribution in [0.3, 0.4) is 0 Å². The van der Waals surface area contributed by atoms with E-state index < -0.39 is 47.9 Å². The van der Waals surface area contributed by atoms with Gasteiger partial charge in [-0.1, -0.05) is 34.1 Å². The van der Waals surface area contributed by atoms with Crippen molar-refractivity contribution in [3.63, 3.8) is 0 Å². The number of carbonyl (C=O) groups excluding carboxylic acids is 3. The fourth-order valence-corrected chi connectivity index (χ4v) is 2.99. The first-order chi connectivity index (χ1) is 15.3. The van der Waals surface area contributed by atoms with E-state index in [2.05, 4.69) is 20.9 Å². The van der Waals surface area contributed by atoms with Crippen LogP contribution in [0.5, 0.6) is 0 Å². The lowest BCUT2D eigenvalue weighted by molar-refractivity contribution is -0.143. The first-order valence-corrected chi connectivity index (χ1v) is 11.2. The highest BCUT2D eigenvalue weighted by atomic mass is 16.4. The maximum Gasteiger partial charge on any atom is 0.326 e. The van der Waals surface area contributed by atoms with Crippen LogP contribution < -0.4 is 33.2 Å². The molecule has 10 N–H and O–H groups in total. The highest BCUT2D eigenvalue weighted by molar-refractivity contribution is 5.94. The van der Waals surface area contributed by atoms with Gasteiger partial charge in [-0.05, 0) is 38.0 Å². The molecule has 0 aliphatic rings. The van der Waals surface area contributed by atoms with Gasteiger partial charge in [0.05, 0.1) is 6.04 Å². The summed E-state index contributed by atoms with van der Waals surface area (Å²) in [4.78, 5) is 53.5. The molecule has 5 unspecified atom stereocenters. The highest BCUT2D eigenvalue weighted by Crippen LogP contribution is 2.11. The Kier molecular flexibility index (Phi) is 13.7. The number of carboxylic acid groups (broad SMARTS) is 1. The quantitative estimate of drug-likeness (QED) is 0.0892. The van der Waals surface area contributed by atoms with E-state index in [-0.39, 0.29) is 37.2 Å². The number of nitrogens with zero attached hydrogens (tertiary/aromatic N) is 1. The second-order valence-corrected chi connectivity index (χ2v) is 8.70. The molecule has 0 aromatic rings. The predicted octanol–water partition coefficient (Wildman–Crippen LogP) is -0.982. The number of rotatable bonds is 15. The third-order valence-electron chi connectivity index (χ3n) is 5.11. The molecule has 0 aliphatic carbocycles. The number of nitrogens with one attached hydrogen (secondary N) is 3. The monoisotopic (exact) mass is 471 g/mol. The van der Waals surface area contributed by atoms with Crippen LogP contribution in [0, 0.1) is 11.8 Å². The zero-order valence-corrected chi connectivity index (χ0v) is 20.3. The van der Waals surface area contributed by atoms with Crippen LogP contribution in [-0.2, 0) is 19.2 Å². The average molecular weight is 472 g/mol. The fourth-order valence-electron chi connectivity index (χ4n) is 2.99. The lowest BCUT2D eigenvalue weighted by Gasteiger charge is -2.27. The van der Waals surface area contributed by atoms with Gasteiger partial charge in [0.25, 0.3) is 0 Å². The Morgan fingerprint density at radius 1 is 0.909 bits per heavy atom. The summed E-state index contributed by atoms with van der Waals surface area (Å²) in [5.41, 5.74) is 16.2. The molecule has 0 aliphatic heterocycles. The summed E-state index contributed by atoms with van der Waals surface area (Å²) in [7, 11) is 0. The fraction of sp³-hybridized carbons (Fsp3) is 0.762. The minimum absolute atomic E-state index is 0.0320. The van der Waals surface area contributed by atoms with Crippen molar-refractivity contribution in [2.75, 3.05) is 6.54 Å². The molecule has 0 aromatic heterocycles. The Bertz CT molecular complexity index is 692. The zero-order chi connectivity index (χ0) is 25.7. The maximum atomic E-state index is 13.0. The molecular weight excluding hydrogens is 430 g/mol. The van der Waals surface area contributed by atoms with Crippen molar-refractivity contribution in [1.29, 1.82) is 0 Å². The van der Waals surface area contributed by atoms with Crippen LogP contribution >= 0.6 is 0 Å². The number of aliphatic carboxylic acids is 1. The molecule has 0 aromatic carbocycles. The summed E-state index contributed by atoms with van der Waals surface area (Å²) in [6, 6.07) is -3.86. The molecule has 0 bridgehead atoms. The normalized spacial score (nSPS) is 15.5. The molecule has 0 heterocycles. The summed E-state index contributed by atoms with van der Waals surface area (Å²) < 4.78 is 0. The number of carbonyl (C=O) groups is 4. The minimum atomic E-state index is -1.16. The molecular formula is C21H41N7O5. The van der Waals surface area contributed by atoms with E-state index in [0.29, 0.717) is 12.8 Å². The topological polar surface area (TPSA) is 215 Å². The third kappa shape index (κ3) is 12.1. The molecule has 0 radical (unpaired) electrons. The van der Waals surface area contributed by atoms with Crippen molar-refractivity contribution in [3.05, 3.63) is 0 Å². The number of hydrogen-bond acceptors (Lipinski definition) is 6. The largest absolute Gasteiger partial charge is 0.480 e. The number of aliphatic imine (C=N–C) groups is 1. The van der Waals surface area contributed by atoms with Crippen molar-refractivity contribution in [2.24, 2.45) is 34.0 Å². The Hall–Kier alpha value is -2.89. The second kappa shape index (κ2) is 15.0. The van der Waals surface area contributed by atoms with E-state index in [0.717, 1.165) is 0 Å². The molecule has 5 atom stereocenters. The van der Waals surface area contributed by atoms with E-state index in [1.54, 1.807) is 6.92 Å². The smallest absolute Gasteiger partial charge is 0.326 e. The van der Waals surface area contributed by atoms with Gasteiger partial charge in [-0.25, -0.2) is 4.79 Å². The molecule has 0 saturated carbocycles. The zero-order valence-electron chi connectivity index (χ0n) is 20.3. The van der Waals surface area contributed by atoms with E-state index in [4.69, 9.17) is 17.2 Å². The lowest BCUT2D eigenvalue weighted by Crippen LogP contribution is -2.58. The molecule has 12 nitrogen and oxygen atoms in total. The number of hydrogen-bond donors (Lipinski definition) is 7. The van der Waals surface area contributed by atoms with Gasteiger partial charge in [-0.15, -0.1) is 0 Å². The van der Waals surface area contributed by atoms with Crippen LogP contribution in [0.2, 0.25) is 0 Å². The van der Waals surface area contributed by atoms with Crippen LogP contribution in [0.1, 0.15) is 60.3 Å². The van der Waals surface area contributed by atoms with E-state index in [1.807, 2.05) is 20.8 Å². The summed E-state index contributed by atoms with van der Waals surface area (Å²) in [5.74, 6) is -3.15. The minimum Gasteiger partial charge on any atom is -0.480 e. The standard InChI is InChI=1S/C21H41N7O5/c1-6-12(4)16(28-17(29)13(5)22)19(31)26-14(8-7-9-25-21(23)24)18(30)27-15(20(32)33)10-11(2)3/h11-16H,6-10,22H2,1-5H3,(H,26,31)(H,27,30)(H,28,29)(H,32,33)(H4,23,24,25). The van der Waals surface area contributed by atoms with Crippen molar-refractivity contribution in [3.8, 4) is 0 Å². The van der Waals surface area contributed by atoms with Crippen molar-refractivity contribution >= 4 is 29.7 Å². The molecule has 12 heteroatoms. The van der Waals surface area contributed by atoms with Crippen molar-refractivity contribution in [2.45, 2.75) is 84.5 Å². The highest BCUT2D eigenvalue weighted by Gasteiger charge is 2.32. The molecule has 3 amide bonds. The van der Waals surface area contributed by atoms with Crippen LogP contribution in [0.4, 0.5) is 0 Å². The Balaban J connectivity index is 5.60. The molecule has 0 rings (SSSR count). The SMILES string of the molecule is CCC(C)C(NC(=O)C(C)N)C(=O)NC(CCCN=C(N)N)C(=O)NC(CC(C)C)C(=O)O. The van der Waals surface area contributed by atoms with E-state index in [1.165, 1.54) is 6.92 Å². The maximum absolute atomic E-state index is 13.0. The van der Waals surface area contributed by atoms with Gasteiger partial charge >= 0.3 is 5.97 Å². The van der Waals surface area contributed by atoms with Gasteiger partial charge in [0.1, 0.15) is 18.1 Å². The number of amides is 3. The number of carboxylic acids is 1. The molecule has 0 saturated heterocycles. The van der Waals surface area contributed by atoms with E-state index in [9.17, 15) is 24.3 Å². The van der Waals surface area contributed by atoms with Gasteiger partial charge in [-0.2, -0.15) is 0 Å². The van der Waals surface area contributed by atoms with Gasteiger partial charge in [-0.3, -0.25) is 19.4 Å². The molecule has 0 spiro atoms. The van der Waals surface area contributed by atoms with Gasteiger partial charge < -0.3 is 38.3 Å². The second-order valence-electron chi connectivity index (χ2n) is 8.70. The number of nitrogens with two attached hydrogens (primary N) is 3. The molecule has 0 fully saturated rings. The van der Waals surface area contributed by atoms with E-state index >= 15 is 0 Å². The van der Waals surface area contributed by atoms with Gasteiger partial charge in [0.2, 0.25) is 17.7 Å². The van der Waals surface area contributed by atoms with Crippen LogP contribution in [-0.4, -0.2) is 65.5 Å². The van der Waals surface area contributed by atoms with Crippen LogP contribution in [0.25, 0.3) is 0 Å². The predicted molar refractivity (Wildman–Crippen MR) is 126 cm³/mol. The first kappa shape index (κ1) is 30.1. The average Bonchev–Trinajstić information content (AvgIpc) is 2.71. The Morgan fingerprint density at radius 2 is 1.48 bits per heavy atom. The first-order valence-electron chi connectivity index (χ1n) is 11.2. The van der Waals surface area contributed by atoms with Crippen LogP contribution in [0.15, 0.2) is 4.99 Å². The third-order valence-corrected chi connectivity index (χ3v) is 5.11. The van der Waals surface area contributed by atoms with Crippen molar-refractivity contribution < 1.29 is 24.3 Å². The summed E-state index contributed by atoms with van der Waals surface area (Å²) in [5, 5.41) is 17.2. The Labute approximate surface area is 195 Å². The Morgan fingerprint density at radius 3 is 1.94 bits per heavy atom. The van der Waals surface area contributed by atoms with Crippen molar-refractivity contribution in [1.82, 2.24) is 16.0 Å². The summed E-state index contributed by atoms with van der Waals surface area (Å²) in [6.45, 7) is 9.07. The number of guanidine groups is 1. The molecule has 190 valence electrons. The lowest BCUT2D eigenvalue weighted by atomic mass is 9.97. The van der Waals surface area contributed by atoms with Gasteiger partial charge in [0.15, 0.2) is 5.96 Å².